The third kappa shape index (κ3) is 7.82. The van der Waals surface area contributed by atoms with Crippen molar-refractivity contribution in [3.05, 3.63) is 173 Å². The van der Waals surface area contributed by atoms with Crippen molar-refractivity contribution in [1.29, 1.82) is 0 Å². The third-order valence-electron chi connectivity index (χ3n) is 9.25. The summed E-state index contributed by atoms with van der Waals surface area (Å²) < 4.78 is 50.3. The number of fused-ring (bicyclic) bond motifs is 3. The van der Waals surface area contributed by atoms with Gasteiger partial charge >= 0.3 is 0 Å². The zero-order valence-corrected chi connectivity index (χ0v) is 32.8. The zero-order chi connectivity index (χ0) is 42.1. The van der Waals surface area contributed by atoms with Crippen LogP contribution in [0.5, 0.6) is 0 Å². The van der Waals surface area contributed by atoms with Crippen LogP contribution in [0.1, 0.15) is 70.0 Å². The van der Waals surface area contributed by atoms with Gasteiger partial charge in [0.05, 0.1) is 6.57 Å². The van der Waals surface area contributed by atoms with Gasteiger partial charge in [0.2, 0.25) is 0 Å². The second kappa shape index (κ2) is 16.6. The average molecular weight is 886 g/mol. The molecule has 5 aromatic carbocycles. The number of para-hydroxylation sites is 1. The Morgan fingerprint density at radius 1 is 0.704 bits per heavy atom. The van der Waals surface area contributed by atoms with Crippen LogP contribution < -0.4 is 0 Å². The van der Waals surface area contributed by atoms with Crippen LogP contribution in [0.25, 0.3) is 71.6 Å². The SMILES string of the molecule is [2H]C([2H])([2H])c1c[c-]c(-c2ccc(C([2H])([2H])[2H])cn2)cc1.[C-]#[N+]c1[c-]c(-c2cc(-c3c(C(C)C)cccc3C(C)C)ccn2)c2oc3c(-c4ccccc4)cccc3c2c1.[Ir]. The molecule has 5 heteroatoms. The van der Waals surface area contributed by atoms with Gasteiger partial charge in [0.15, 0.2) is 0 Å². The van der Waals surface area contributed by atoms with Crippen LogP contribution in [-0.4, -0.2) is 9.97 Å². The number of hydrogen-bond acceptors (Lipinski definition) is 3. The van der Waals surface area contributed by atoms with Crippen molar-refractivity contribution in [3.8, 4) is 44.8 Å². The molecule has 0 aliphatic heterocycles. The van der Waals surface area contributed by atoms with Crippen molar-refractivity contribution in [1.82, 2.24) is 9.97 Å². The Kier molecular flexibility index (Phi) is 9.44. The number of pyridine rings is 2. The predicted octanol–water partition coefficient (Wildman–Crippen LogP) is 13.7. The molecule has 8 aromatic rings. The van der Waals surface area contributed by atoms with Crippen molar-refractivity contribution >= 4 is 27.6 Å². The van der Waals surface area contributed by atoms with E-state index < -0.39 is 13.7 Å². The van der Waals surface area contributed by atoms with Crippen LogP contribution in [0.15, 0.2) is 132 Å². The first kappa shape index (κ1) is 30.8. The summed E-state index contributed by atoms with van der Waals surface area (Å²) >= 11 is 0. The van der Waals surface area contributed by atoms with E-state index in [0.29, 0.717) is 39.9 Å². The fraction of sp³-hybridized carbons (Fsp3) is 0.163. The number of nitrogens with zero attached hydrogens (tertiary/aromatic N) is 3. The summed E-state index contributed by atoms with van der Waals surface area (Å²) in [7, 11) is 0. The van der Waals surface area contributed by atoms with Gasteiger partial charge in [-0.15, -0.1) is 47.5 Å². The normalized spacial score (nSPS) is 13.1. The summed E-state index contributed by atoms with van der Waals surface area (Å²) in [6.45, 7) is 12.4. The van der Waals surface area contributed by atoms with Crippen molar-refractivity contribution < 1.29 is 32.7 Å². The minimum Gasteiger partial charge on any atom is -0.500 e. The molecule has 269 valence electrons. The Morgan fingerprint density at radius 2 is 1.44 bits per heavy atom. The summed E-state index contributed by atoms with van der Waals surface area (Å²) in [5.74, 6) is 0.761. The molecule has 0 fully saturated rings. The van der Waals surface area contributed by atoms with E-state index in [1.165, 1.54) is 41.1 Å². The molecule has 3 heterocycles. The molecule has 0 amide bonds. The topological polar surface area (TPSA) is 43.3 Å². The molecule has 54 heavy (non-hydrogen) atoms. The molecule has 0 saturated heterocycles. The van der Waals surface area contributed by atoms with Gasteiger partial charge in [-0.1, -0.05) is 130 Å². The Morgan fingerprint density at radius 3 is 2.09 bits per heavy atom. The predicted molar refractivity (Wildman–Crippen MR) is 219 cm³/mol. The number of aromatic nitrogens is 2. The maximum atomic E-state index is 7.79. The zero-order valence-electron chi connectivity index (χ0n) is 36.4. The van der Waals surface area contributed by atoms with Crippen molar-refractivity contribution in [2.75, 3.05) is 0 Å². The van der Waals surface area contributed by atoms with Crippen LogP contribution in [-0.2, 0) is 20.1 Å². The first-order valence-electron chi connectivity index (χ1n) is 20.6. The summed E-state index contributed by atoms with van der Waals surface area (Å²) in [4.78, 5) is 12.6. The van der Waals surface area contributed by atoms with E-state index in [9.17, 15) is 0 Å². The average Bonchev–Trinajstić information content (AvgIpc) is 3.62. The monoisotopic (exact) mass is 886 g/mol. The fourth-order valence-corrected chi connectivity index (χ4v) is 6.66. The minimum absolute atomic E-state index is 0. The van der Waals surface area contributed by atoms with Gasteiger partial charge in [-0.3, -0.25) is 4.85 Å². The Balaban J connectivity index is 0.000000243. The van der Waals surface area contributed by atoms with Crippen molar-refractivity contribution in [2.45, 2.75) is 53.2 Å². The van der Waals surface area contributed by atoms with Gasteiger partial charge in [0, 0.05) is 57.3 Å². The van der Waals surface area contributed by atoms with Gasteiger partial charge in [0.1, 0.15) is 11.3 Å². The molecule has 8 rings (SSSR count). The Bertz CT molecular complexity index is 2720. The largest absolute Gasteiger partial charge is 0.500 e. The maximum absolute atomic E-state index is 7.79. The number of benzene rings is 5. The fourth-order valence-electron chi connectivity index (χ4n) is 6.66. The van der Waals surface area contributed by atoms with Gasteiger partial charge in [-0.25, -0.2) is 0 Å². The molecule has 0 bridgehead atoms. The first-order valence-corrected chi connectivity index (χ1v) is 17.6. The van der Waals surface area contributed by atoms with E-state index in [4.69, 9.17) is 24.2 Å². The van der Waals surface area contributed by atoms with E-state index in [0.717, 1.165) is 38.7 Å². The maximum Gasteiger partial charge on any atom is 0.128 e. The number of aryl methyl sites for hydroxylation is 2. The molecule has 0 N–H and O–H groups in total. The quantitative estimate of drug-likeness (QED) is 0.156. The summed E-state index contributed by atoms with van der Waals surface area (Å²) in [6, 6.07) is 42.9. The standard InChI is InChI=1S/C36H29N2O.C13H12N.Ir/c1-22(2)27-13-9-14-28(23(3)4)34(27)25-17-18-38-33(19-25)32-21-26(37-5)20-31-30-16-10-15-29(35(30)39-36(31)32)24-11-7-6-8-12-24;1-10-3-6-12(7-4-10)13-8-5-11(2)9-14-13;/h6-20,22-23H,1-4H3;3-6,8-9H,1-2H3;/q2*-1;/i;1D3,2D3;. The van der Waals surface area contributed by atoms with E-state index in [2.05, 4.69) is 104 Å². The molecule has 0 aliphatic rings. The minimum atomic E-state index is -2.18. The second-order valence-electron chi connectivity index (χ2n) is 13.5. The van der Waals surface area contributed by atoms with E-state index in [-0.39, 0.29) is 31.2 Å². The van der Waals surface area contributed by atoms with Crippen molar-refractivity contribution in [3.63, 3.8) is 0 Å². The summed E-state index contributed by atoms with van der Waals surface area (Å²) in [6.07, 6.45) is 3.15. The van der Waals surface area contributed by atoms with Gasteiger partial charge < -0.3 is 14.4 Å². The van der Waals surface area contributed by atoms with Crippen LogP contribution in [0, 0.1) is 32.4 Å². The van der Waals surface area contributed by atoms with E-state index in [1.807, 2.05) is 36.5 Å². The Hall–Kier alpha value is -5.66. The molecule has 4 nitrogen and oxygen atoms in total. The van der Waals surface area contributed by atoms with Crippen LogP contribution in [0.4, 0.5) is 5.69 Å². The molecule has 0 aliphatic carbocycles. The van der Waals surface area contributed by atoms with Crippen LogP contribution in [0.3, 0.4) is 0 Å². The summed E-state index contributed by atoms with van der Waals surface area (Å²) in [5, 5.41) is 1.88. The Labute approximate surface area is 340 Å². The van der Waals surface area contributed by atoms with E-state index in [1.54, 1.807) is 12.1 Å². The van der Waals surface area contributed by atoms with Gasteiger partial charge in [-0.2, -0.15) is 0 Å². The molecular weight excluding hydrogens is 839 g/mol. The van der Waals surface area contributed by atoms with Gasteiger partial charge in [-0.05, 0) is 69.5 Å². The molecule has 0 atom stereocenters. The smallest absolute Gasteiger partial charge is 0.128 e. The molecule has 1 radical (unpaired) electrons. The number of rotatable bonds is 6. The molecule has 0 saturated carbocycles. The molecular formula is C49H41IrN3O-2. The second-order valence-corrected chi connectivity index (χ2v) is 13.5. The van der Waals surface area contributed by atoms with Crippen molar-refractivity contribution in [2.24, 2.45) is 0 Å². The molecule has 3 aromatic heterocycles. The first-order chi connectivity index (χ1) is 28.1. The van der Waals surface area contributed by atoms with Crippen LogP contribution in [0.2, 0.25) is 0 Å². The van der Waals surface area contributed by atoms with Gasteiger partial charge in [0.25, 0.3) is 0 Å². The van der Waals surface area contributed by atoms with Crippen LogP contribution >= 0.6 is 0 Å². The number of hydrogen-bond donors (Lipinski definition) is 0. The molecule has 0 unspecified atom stereocenters. The van der Waals surface area contributed by atoms with E-state index >= 15 is 0 Å². The number of furan rings is 1. The summed E-state index contributed by atoms with van der Waals surface area (Å²) in [5.41, 5.74) is 12.1. The third-order valence-corrected chi connectivity index (χ3v) is 9.25. The molecule has 0 spiro atoms.